The molecule has 166 valence electrons. The second kappa shape index (κ2) is 10.6. The number of ether oxygens (including phenoxy) is 3. The van der Waals surface area contributed by atoms with Crippen LogP contribution in [0.5, 0.6) is 0 Å². The largest absolute Gasteiger partial charge is 0.428 e. The molecule has 0 aromatic heterocycles. The van der Waals surface area contributed by atoms with Crippen molar-refractivity contribution in [2.75, 3.05) is 0 Å². The number of esters is 3. The van der Waals surface area contributed by atoms with Crippen molar-refractivity contribution in [3.05, 3.63) is 95.3 Å². The zero-order valence-corrected chi connectivity index (χ0v) is 18.1. The van der Waals surface area contributed by atoms with Gasteiger partial charge in [0, 0.05) is 36.5 Å². The normalized spacial score (nSPS) is 17.9. The molecule has 0 aliphatic heterocycles. The van der Waals surface area contributed by atoms with Crippen LogP contribution >= 0.6 is 0 Å². The third-order valence-electron chi connectivity index (χ3n) is 5.20. The van der Waals surface area contributed by atoms with Gasteiger partial charge in [-0.25, -0.2) is 14.4 Å². The fourth-order valence-electron chi connectivity index (χ4n) is 3.38. The van der Waals surface area contributed by atoms with Crippen LogP contribution in [0.2, 0.25) is 0 Å². The van der Waals surface area contributed by atoms with Crippen LogP contribution in [0.1, 0.15) is 45.4 Å². The third kappa shape index (κ3) is 6.17. The Bertz CT molecular complexity index is 1040. The van der Waals surface area contributed by atoms with E-state index in [0.29, 0.717) is 54.1 Å². The zero-order valence-electron chi connectivity index (χ0n) is 18.1. The van der Waals surface area contributed by atoms with E-state index in [1.54, 1.807) is 25.2 Å². The maximum absolute atomic E-state index is 12.5. The number of hydrogen-bond donors (Lipinski definition) is 0. The molecule has 32 heavy (non-hydrogen) atoms. The summed E-state index contributed by atoms with van der Waals surface area (Å²) in [6.07, 6.45) is 15.6. The van der Waals surface area contributed by atoms with Crippen molar-refractivity contribution in [3.63, 3.8) is 0 Å². The highest BCUT2D eigenvalue weighted by Gasteiger charge is 2.21. The molecule has 0 aromatic rings. The fourth-order valence-corrected chi connectivity index (χ4v) is 3.38. The molecule has 0 aromatic carbocycles. The first-order valence-corrected chi connectivity index (χ1v) is 10.5. The van der Waals surface area contributed by atoms with Gasteiger partial charge in [0.05, 0.1) is 0 Å². The van der Waals surface area contributed by atoms with Crippen molar-refractivity contribution in [2.45, 2.75) is 45.4 Å². The van der Waals surface area contributed by atoms with E-state index in [1.165, 1.54) is 5.57 Å². The smallest absolute Gasteiger partial charge is 0.339 e. The van der Waals surface area contributed by atoms with Crippen LogP contribution in [0, 0.1) is 0 Å². The summed E-state index contributed by atoms with van der Waals surface area (Å²) >= 11 is 0. The van der Waals surface area contributed by atoms with Gasteiger partial charge in [-0.1, -0.05) is 31.4 Å². The molecular formula is C26H26O6. The van der Waals surface area contributed by atoms with Crippen molar-refractivity contribution in [1.82, 2.24) is 0 Å². The van der Waals surface area contributed by atoms with Crippen molar-refractivity contribution >= 4 is 17.9 Å². The molecule has 0 fully saturated rings. The van der Waals surface area contributed by atoms with Gasteiger partial charge >= 0.3 is 17.9 Å². The summed E-state index contributed by atoms with van der Waals surface area (Å²) in [5.74, 6) is 0.419. The highest BCUT2D eigenvalue weighted by molar-refractivity contribution is 5.90. The quantitative estimate of drug-likeness (QED) is 0.312. The first-order chi connectivity index (χ1) is 15.4. The number of carbonyl (C=O) groups excluding carboxylic acids is 3. The molecule has 3 aliphatic carbocycles. The number of carbonyl (C=O) groups is 3. The molecule has 0 saturated carbocycles. The SMILES string of the molecule is C=CC(=O)OC1=CC=C(OC(=O)C2=CC=C(C3=CC=C(OC(=O)C(=C)C)CC3)CC2)CC1. The lowest BCUT2D eigenvalue weighted by Gasteiger charge is -2.20. The van der Waals surface area contributed by atoms with Crippen LogP contribution in [-0.2, 0) is 28.6 Å². The molecule has 0 amide bonds. The van der Waals surface area contributed by atoms with Gasteiger partial charge in [0.1, 0.15) is 17.3 Å². The second-order valence-electron chi connectivity index (χ2n) is 7.66. The second-order valence-corrected chi connectivity index (χ2v) is 7.66. The summed E-state index contributed by atoms with van der Waals surface area (Å²) in [7, 11) is 0. The molecular weight excluding hydrogens is 408 g/mol. The summed E-state index contributed by atoms with van der Waals surface area (Å²) in [6.45, 7) is 8.57. The average Bonchev–Trinajstić information content (AvgIpc) is 2.80. The maximum Gasteiger partial charge on any atom is 0.339 e. The van der Waals surface area contributed by atoms with Crippen molar-refractivity contribution < 1.29 is 28.6 Å². The lowest BCUT2D eigenvalue weighted by atomic mass is 9.89. The molecule has 3 rings (SSSR count). The third-order valence-corrected chi connectivity index (χ3v) is 5.20. The summed E-state index contributed by atoms with van der Waals surface area (Å²) in [5, 5.41) is 0. The Kier molecular flexibility index (Phi) is 7.60. The number of rotatable bonds is 7. The first-order valence-electron chi connectivity index (χ1n) is 10.5. The lowest BCUT2D eigenvalue weighted by molar-refractivity contribution is -0.136. The minimum absolute atomic E-state index is 0.363. The van der Waals surface area contributed by atoms with Gasteiger partial charge in [-0.3, -0.25) is 0 Å². The fraction of sp³-hybridized carbons (Fsp3) is 0.269. The van der Waals surface area contributed by atoms with Gasteiger partial charge < -0.3 is 14.2 Å². The van der Waals surface area contributed by atoms with Crippen molar-refractivity contribution in [2.24, 2.45) is 0 Å². The topological polar surface area (TPSA) is 78.9 Å². The van der Waals surface area contributed by atoms with E-state index in [1.807, 2.05) is 18.2 Å². The molecule has 0 unspecified atom stereocenters. The Labute approximate surface area is 187 Å². The zero-order chi connectivity index (χ0) is 23.1. The minimum atomic E-state index is -0.507. The molecule has 0 radical (unpaired) electrons. The Morgan fingerprint density at radius 3 is 1.78 bits per heavy atom. The molecule has 0 N–H and O–H groups in total. The first kappa shape index (κ1) is 23.0. The van der Waals surface area contributed by atoms with Crippen LogP contribution in [0.4, 0.5) is 0 Å². The molecule has 0 heterocycles. The van der Waals surface area contributed by atoms with Gasteiger partial charge in [0.15, 0.2) is 0 Å². The number of allylic oxidation sites excluding steroid dienone is 11. The minimum Gasteiger partial charge on any atom is -0.428 e. The summed E-state index contributed by atoms with van der Waals surface area (Å²) in [6, 6.07) is 0. The van der Waals surface area contributed by atoms with Crippen molar-refractivity contribution in [3.8, 4) is 0 Å². The molecule has 0 bridgehead atoms. The molecule has 6 heteroatoms. The van der Waals surface area contributed by atoms with E-state index < -0.39 is 11.9 Å². The van der Waals surface area contributed by atoms with Crippen LogP contribution in [0.15, 0.2) is 95.3 Å². The molecule has 3 aliphatic rings. The highest BCUT2D eigenvalue weighted by Crippen LogP contribution is 2.32. The van der Waals surface area contributed by atoms with Crippen molar-refractivity contribution in [1.29, 1.82) is 0 Å². The average molecular weight is 434 g/mol. The maximum atomic E-state index is 12.5. The summed E-state index contributed by atoms with van der Waals surface area (Å²) in [5.41, 5.74) is 3.32. The van der Waals surface area contributed by atoms with E-state index in [9.17, 15) is 14.4 Å². The van der Waals surface area contributed by atoms with E-state index >= 15 is 0 Å². The Balaban J connectivity index is 1.57. The monoisotopic (exact) mass is 434 g/mol. The van der Waals surface area contributed by atoms with Gasteiger partial charge in [0.2, 0.25) is 0 Å². The number of hydrogen-bond acceptors (Lipinski definition) is 6. The van der Waals surface area contributed by atoms with E-state index in [0.717, 1.165) is 24.5 Å². The molecule has 0 saturated heterocycles. The van der Waals surface area contributed by atoms with Crippen LogP contribution in [0.3, 0.4) is 0 Å². The molecule has 6 nitrogen and oxygen atoms in total. The summed E-state index contributed by atoms with van der Waals surface area (Å²) in [4.78, 5) is 35.4. The molecule has 0 atom stereocenters. The van der Waals surface area contributed by atoms with E-state index in [4.69, 9.17) is 14.2 Å². The lowest BCUT2D eigenvalue weighted by Crippen LogP contribution is -2.12. The predicted octanol–water partition coefficient (Wildman–Crippen LogP) is 5.19. The Morgan fingerprint density at radius 2 is 1.28 bits per heavy atom. The van der Waals surface area contributed by atoms with Gasteiger partial charge in [-0.05, 0) is 55.6 Å². The highest BCUT2D eigenvalue weighted by atomic mass is 16.5. The molecule has 0 spiro atoms. The van der Waals surface area contributed by atoms with Crippen LogP contribution < -0.4 is 0 Å². The Hall–Kier alpha value is -3.67. The van der Waals surface area contributed by atoms with Crippen LogP contribution in [-0.4, -0.2) is 17.9 Å². The van der Waals surface area contributed by atoms with Gasteiger partial charge in [0.25, 0.3) is 0 Å². The standard InChI is InChI=1S/C26H26O6/c1-4-24(27)30-21-13-15-23(16-14-21)32-26(29)20-7-5-18(6-8-20)19-9-11-22(12-10-19)31-25(28)17(2)3/h4-5,7,9,11,13,15H,1-2,6,8,10,12,14,16H2,3H3. The van der Waals surface area contributed by atoms with Gasteiger partial charge in [-0.15, -0.1) is 0 Å². The summed E-state index contributed by atoms with van der Waals surface area (Å²) < 4.78 is 15.9. The predicted molar refractivity (Wildman–Crippen MR) is 119 cm³/mol. The van der Waals surface area contributed by atoms with Crippen LogP contribution in [0.25, 0.3) is 0 Å². The van der Waals surface area contributed by atoms with Gasteiger partial charge in [-0.2, -0.15) is 0 Å². The Morgan fingerprint density at radius 1 is 0.750 bits per heavy atom. The van der Waals surface area contributed by atoms with E-state index in [2.05, 4.69) is 13.2 Å². The van der Waals surface area contributed by atoms with E-state index in [-0.39, 0.29) is 5.97 Å².